The smallest absolute Gasteiger partial charge is 0.243 e. The van der Waals surface area contributed by atoms with Gasteiger partial charge in [0.15, 0.2) is 0 Å². The summed E-state index contributed by atoms with van der Waals surface area (Å²) < 4.78 is 2.05. The Hall–Kier alpha value is -3.41. The number of rotatable bonds is 8. The molecule has 2 heterocycles. The number of nitrogens with one attached hydrogen (secondary N) is 1. The SMILES string of the molecule is CC1CCCCN1C(=O)Cn1c(CCCNC(=O)/C=C\c2ccccc2)nc2ccccc21. The van der Waals surface area contributed by atoms with Crippen molar-refractivity contribution < 1.29 is 9.59 Å². The molecule has 3 aromatic rings. The molecular weight excluding hydrogens is 412 g/mol. The largest absolute Gasteiger partial charge is 0.353 e. The maximum Gasteiger partial charge on any atom is 0.243 e. The van der Waals surface area contributed by atoms with Crippen molar-refractivity contribution >= 4 is 28.9 Å². The summed E-state index contributed by atoms with van der Waals surface area (Å²) in [6.45, 7) is 3.84. The minimum absolute atomic E-state index is 0.110. The summed E-state index contributed by atoms with van der Waals surface area (Å²) in [5.74, 6) is 0.941. The quantitative estimate of drug-likeness (QED) is 0.418. The van der Waals surface area contributed by atoms with E-state index in [2.05, 4.69) is 16.8 Å². The third-order valence-corrected chi connectivity index (χ3v) is 6.25. The fourth-order valence-electron chi connectivity index (χ4n) is 4.44. The number of piperidine rings is 1. The molecule has 2 aromatic carbocycles. The molecule has 0 saturated carbocycles. The van der Waals surface area contributed by atoms with Crippen LogP contribution in [0.3, 0.4) is 0 Å². The molecule has 6 nitrogen and oxygen atoms in total. The molecule has 172 valence electrons. The van der Waals surface area contributed by atoms with Crippen LogP contribution in [-0.4, -0.2) is 45.4 Å². The second kappa shape index (κ2) is 10.9. The van der Waals surface area contributed by atoms with Gasteiger partial charge in [0.25, 0.3) is 0 Å². The molecule has 0 spiro atoms. The molecular formula is C27H32N4O2. The van der Waals surface area contributed by atoms with Crippen molar-refractivity contribution in [3.8, 4) is 0 Å². The minimum atomic E-state index is -0.110. The van der Waals surface area contributed by atoms with Crippen molar-refractivity contribution in [3.63, 3.8) is 0 Å². The zero-order valence-electron chi connectivity index (χ0n) is 19.2. The number of hydrogen-bond acceptors (Lipinski definition) is 3. The molecule has 1 unspecified atom stereocenters. The van der Waals surface area contributed by atoms with E-state index in [1.54, 1.807) is 6.08 Å². The van der Waals surface area contributed by atoms with Gasteiger partial charge in [-0.2, -0.15) is 0 Å². The molecule has 1 aromatic heterocycles. The zero-order chi connectivity index (χ0) is 23.0. The standard InChI is InChI=1S/C27H32N4O2/c1-21-10-7-8-19-30(21)27(33)20-31-24-14-6-5-13-23(24)29-25(31)15-9-18-28-26(32)17-16-22-11-3-2-4-12-22/h2-6,11-14,16-17,21H,7-10,15,18-20H2,1H3,(H,28,32)/b17-16-. The lowest BCUT2D eigenvalue weighted by Gasteiger charge is -2.33. The highest BCUT2D eigenvalue weighted by molar-refractivity contribution is 5.91. The molecule has 1 atom stereocenters. The molecule has 6 heteroatoms. The fourth-order valence-corrected chi connectivity index (χ4v) is 4.44. The van der Waals surface area contributed by atoms with Gasteiger partial charge >= 0.3 is 0 Å². The number of likely N-dealkylation sites (tertiary alicyclic amines) is 1. The van der Waals surface area contributed by atoms with Crippen molar-refractivity contribution in [2.75, 3.05) is 13.1 Å². The summed E-state index contributed by atoms with van der Waals surface area (Å²) >= 11 is 0. The Labute approximate surface area is 195 Å². The molecule has 0 bridgehead atoms. The van der Waals surface area contributed by atoms with Crippen LogP contribution in [0.4, 0.5) is 0 Å². The van der Waals surface area contributed by atoms with E-state index in [-0.39, 0.29) is 11.8 Å². The number of fused-ring (bicyclic) bond motifs is 1. The average Bonchev–Trinajstić information content (AvgIpc) is 3.18. The number of nitrogens with zero attached hydrogens (tertiary/aromatic N) is 3. The maximum atomic E-state index is 13.1. The Kier molecular flexibility index (Phi) is 7.55. The van der Waals surface area contributed by atoms with E-state index in [0.717, 1.165) is 48.2 Å². The van der Waals surface area contributed by atoms with Crippen molar-refractivity contribution in [3.05, 3.63) is 72.1 Å². The molecule has 4 rings (SSSR count). The number of benzene rings is 2. The Morgan fingerprint density at radius 3 is 2.70 bits per heavy atom. The van der Waals surface area contributed by atoms with Gasteiger partial charge in [0.1, 0.15) is 12.4 Å². The van der Waals surface area contributed by atoms with Crippen LogP contribution in [0, 0.1) is 0 Å². The topological polar surface area (TPSA) is 67.2 Å². The van der Waals surface area contributed by atoms with Crippen LogP contribution in [0.25, 0.3) is 17.1 Å². The summed E-state index contributed by atoms with van der Waals surface area (Å²) in [7, 11) is 0. The Morgan fingerprint density at radius 2 is 1.88 bits per heavy atom. The summed E-state index contributed by atoms with van der Waals surface area (Å²) in [5.41, 5.74) is 2.89. The number of imidazole rings is 1. The number of amides is 2. The van der Waals surface area contributed by atoms with E-state index in [1.807, 2.05) is 65.6 Å². The third-order valence-electron chi connectivity index (χ3n) is 6.25. The van der Waals surface area contributed by atoms with Crippen LogP contribution in [0.2, 0.25) is 0 Å². The minimum Gasteiger partial charge on any atom is -0.353 e. The molecule has 33 heavy (non-hydrogen) atoms. The van der Waals surface area contributed by atoms with Crippen molar-refractivity contribution in [2.45, 2.75) is 51.6 Å². The van der Waals surface area contributed by atoms with Crippen LogP contribution >= 0.6 is 0 Å². The highest BCUT2D eigenvalue weighted by Gasteiger charge is 2.24. The molecule has 1 aliphatic rings. The number of hydrogen-bond donors (Lipinski definition) is 1. The first-order valence-electron chi connectivity index (χ1n) is 11.9. The van der Waals surface area contributed by atoms with Gasteiger partial charge in [-0.15, -0.1) is 0 Å². The summed E-state index contributed by atoms with van der Waals surface area (Å²) in [6.07, 6.45) is 8.15. The van der Waals surface area contributed by atoms with Crippen molar-refractivity contribution in [2.24, 2.45) is 0 Å². The van der Waals surface area contributed by atoms with Crippen LogP contribution in [0.5, 0.6) is 0 Å². The van der Waals surface area contributed by atoms with Crippen LogP contribution in [0.1, 0.15) is 44.0 Å². The van der Waals surface area contributed by atoms with Gasteiger partial charge < -0.3 is 14.8 Å². The molecule has 0 radical (unpaired) electrons. The molecule has 1 aliphatic heterocycles. The second-order valence-corrected chi connectivity index (χ2v) is 8.67. The van der Waals surface area contributed by atoms with Crippen molar-refractivity contribution in [1.82, 2.24) is 19.8 Å². The lowest BCUT2D eigenvalue weighted by atomic mass is 10.0. The third kappa shape index (κ3) is 5.89. The Morgan fingerprint density at radius 1 is 1.09 bits per heavy atom. The van der Waals surface area contributed by atoms with Gasteiger partial charge in [-0.05, 0) is 56.4 Å². The maximum absolute atomic E-state index is 13.1. The second-order valence-electron chi connectivity index (χ2n) is 8.67. The van der Waals surface area contributed by atoms with E-state index < -0.39 is 0 Å². The number of aryl methyl sites for hydroxylation is 1. The fraction of sp³-hybridized carbons (Fsp3) is 0.370. The van der Waals surface area contributed by atoms with Gasteiger partial charge in [0.2, 0.25) is 11.8 Å². The van der Waals surface area contributed by atoms with E-state index in [4.69, 9.17) is 4.98 Å². The number of para-hydroxylation sites is 2. The summed E-state index contributed by atoms with van der Waals surface area (Å²) in [5, 5.41) is 2.94. The lowest BCUT2D eigenvalue weighted by Crippen LogP contribution is -2.43. The van der Waals surface area contributed by atoms with E-state index in [9.17, 15) is 9.59 Å². The normalized spacial score (nSPS) is 16.4. The molecule has 1 saturated heterocycles. The van der Waals surface area contributed by atoms with Gasteiger partial charge in [0.05, 0.1) is 11.0 Å². The lowest BCUT2D eigenvalue weighted by molar-refractivity contribution is -0.135. The van der Waals surface area contributed by atoms with Crippen LogP contribution < -0.4 is 5.32 Å². The van der Waals surface area contributed by atoms with E-state index in [0.29, 0.717) is 25.6 Å². The Bertz CT molecular complexity index is 1120. The van der Waals surface area contributed by atoms with Crippen molar-refractivity contribution in [1.29, 1.82) is 0 Å². The van der Waals surface area contributed by atoms with E-state index >= 15 is 0 Å². The number of carbonyl (C=O) groups excluding carboxylic acids is 2. The highest BCUT2D eigenvalue weighted by Crippen LogP contribution is 2.20. The number of carbonyl (C=O) groups is 2. The summed E-state index contributed by atoms with van der Waals surface area (Å²) in [4.78, 5) is 32.0. The van der Waals surface area contributed by atoms with Gasteiger partial charge in [-0.1, -0.05) is 42.5 Å². The molecule has 0 aliphatic carbocycles. The first-order chi connectivity index (χ1) is 16.1. The zero-order valence-corrected chi connectivity index (χ0v) is 19.2. The molecule has 2 amide bonds. The monoisotopic (exact) mass is 444 g/mol. The molecule has 1 N–H and O–H groups in total. The average molecular weight is 445 g/mol. The highest BCUT2D eigenvalue weighted by atomic mass is 16.2. The first kappa shape index (κ1) is 22.8. The van der Waals surface area contributed by atoms with Crippen LogP contribution in [0.15, 0.2) is 60.7 Å². The first-order valence-corrected chi connectivity index (χ1v) is 11.9. The van der Waals surface area contributed by atoms with Gasteiger partial charge in [0, 0.05) is 31.6 Å². The Balaban J connectivity index is 1.37. The van der Waals surface area contributed by atoms with Gasteiger partial charge in [-0.25, -0.2) is 4.98 Å². The predicted octanol–water partition coefficient (Wildman–Crippen LogP) is 4.20. The van der Waals surface area contributed by atoms with Crippen LogP contribution in [-0.2, 0) is 22.6 Å². The number of aromatic nitrogens is 2. The van der Waals surface area contributed by atoms with E-state index in [1.165, 1.54) is 6.42 Å². The molecule has 1 fully saturated rings. The van der Waals surface area contributed by atoms with Gasteiger partial charge in [-0.3, -0.25) is 9.59 Å². The predicted molar refractivity (Wildman–Crippen MR) is 132 cm³/mol. The summed E-state index contributed by atoms with van der Waals surface area (Å²) in [6, 6.07) is 18.0.